The zero-order chi connectivity index (χ0) is 13.2. The number of anilines is 2. The molecule has 0 radical (unpaired) electrons. The van der Waals surface area contributed by atoms with Crippen LogP contribution >= 0.6 is 0 Å². The number of carbonyl (C=O) groups excluding carboxylic acids is 1. The molecule has 1 amide bonds. The van der Waals surface area contributed by atoms with E-state index in [4.69, 9.17) is 0 Å². The van der Waals surface area contributed by atoms with Gasteiger partial charge in [-0.15, -0.1) is 5.10 Å². The molecule has 6 nitrogen and oxygen atoms in total. The number of benzene rings is 1. The molecule has 0 saturated carbocycles. The Labute approximate surface area is 110 Å². The summed E-state index contributed by atoms with van der Waals surface area (Å²) in [5.41, 5.74) is 4.15. The van der Waals surface area contributed by atoms with Crippen molar-refractivity contribution in [1.82, 2.24) is 15.0 Å². The molecule has 2 aromatic rings. The first-order valence-corrected chi connectivity index (χ1v) is 6.22. The smallest absolute Gasteiger partial charge is 0.224 e. The Hall–Kier alpha value is -2.37. The molecule has 0 saturated heterocycles. The fraction of sp³-hybridized carbons (Fsp3) is 0.308. The topological polar surface area (TPSA) is 71.8 Å². The van der Waals surface area contributed by atoms with Crippen LogP contribution in [0.2, 0.25) is 0 Å². The largest absolute Gasteiger partial charge is 0.379 e. The summed E-state index contributed by atoms with van der Waals surface area (Å²) in [5.74, 6) is 0.0918. The van der Waals surface area contributed by atoms with Gasteiger partial charge in [0.2, 0.25) is 5.91 Å². The molecule has 2 heterocycles. The number of nitrogens with zero attached hydrogens (tertiary/aromatic N) is 3. The number of nitrogens with one attached hydrogen (secondary N) is 2. The van der Waals surface area contributed by atoms with Crippen LogP contribution in [0.25, 0.3) is 0 Å². The maximum atomic E-state index is 11.3. The maximum absolute atomic E-state index is 11.3. The lowest BCUT2D eigenvalue weighted by molar-refractivity contribution is -0.116. The molecular formula is C13H15N5O. The zero-order valence-corrected chi connectivity index (χ0v) is 10.7. The van der Waals surface area contributed by atoms with Gasteiger partial charge in [0.05, 0.1) is 18.4 Å². The molecule has 98 valence electrons. The minimum absolute atomic E-state index is 0.0918. The average Bonchev–Trinajstić information content (AvgIpc) is 2.82. The van der Waals surface area contributed by atoms with E-state index in [1.807, 2.05) is 19.2 Å². The van der Waals surface area contributed by atoms with Crippen LogP contribution in [0.3, 0.4) is 0 Å². The third-order valence-electron chi connectivity index (χ3n) is 3.28. The van der Waals surface area contributed by atoms with E-state index in [1.54, 1.807) is 10.9 Å². The Balaban J connectivity index is 1.72. The van der Waals surface area contributed by atoms with Crippen LogP contribution in [0.1, 0.15) is 17.7 Å². The van der Waals surface area contributed by atoms with Crippen LogP contribution in [0.15, 0.2) is 24.4 Å². The van der Waals surface area contributed by atoms with Crippen molar-refractivity contribution >= 4 is 17.3 Å². The van der Waals surface area contributed by atoms with Crippen LogP contribution in [0.5, 0.6) is 0 Å². The van der Waals surface area contributed by atoms with E-state index in [-0.39, 0.29) is 5.91 Å². The number of amides is 1. The van der Waals surface area contributed by atoms with Gasteiger partial charge in [-0.3, -0.25) is 9.48 Å². The van der Waals surface area contributed by atoms with E-state index in [1.165, 1.54) is 5.56 Å². The Morgan fingerprint density at radius 1 is 1.42 bits per heavy atom. The van der Waals surface area contributed by atoms with E-state index in [2.05, 4.69) is 27.0 Å². The Bertz CT molecular complexity index is 619. The summed E-state index contributed by atoms with van der Waals surface area (Å²) < 4.78 is 1.74. The van der Waals surface area contributed by atoms with E-state index < -0.39 is 0 Å². The Morgan fingerprint density at radius 3 is 3.11 bits per heavy atom. The predicted octanol–water partition coefficient (Wildman–Crippen LogP) is 1.31. The number of rotatable bonds is 3. The second-order valence-corrected chi connectivity index (χ2v) is 4.62. The lowest BCUT2D eigenvalue weighted by atomic mass is 10.0. The lowest BCUT2D eigenvalue weighted by Crippen LogP contribution is -2.19. The van der Waals surface area contributed by atoms with Gasteiger partial charge < -0.3 is 10.6 Å². The number of carbonyl (C=O) groups is 1. The van der Waals surface area contributed by atoms with Gasteiger partial charge in [0.1, 0.15) is 0 Å². The molecule has 0 fully saturated rings. The van der Waals surface area contributed by atoms with Gasteiger partial charge in [-0.05, 0) is 30.2 Å². The second-order valence-electron chi connectivity index (χ2n) is 4.62. The highest BCUT2D eigenvalue weighted by molar-refractivity contribution is 5.94. The number of hydrogen-bond donors (Lipinski definition) is 2. The first-order valence-electron chi connectivity index (χ1n) is 6.22. The predicted molar refractivity (Wildman–Crippen MR) is 71.7 cm³/mol. The molecule has 0 atom stereocenters. The fourth-order valence-corrected chi connectivity index (χ4v) is 2.16. The van der Waals surface area contributed by atoms with Gasteiger partial charge in [-0.25, -0.2) is 0 Å². The lowest BCUT2D eigenvalue weighted by Gasteiger charge is -2.18. The number of hydrogen-bond acceptors (Lipinski definition) is 4. The molecule has 0 spiro atoms. The summed E-state index contributed by atoms with van der Waals surface area (Å²) in [5, 5.41) is 13.9. The summed E-state index contributed by atoms with van der Waals surface area (Å²) in [6.07, 6.45) is 3.09. The van der Waals surface area contributed by atoms with Gasteiger partial charge in [0.15, 0.2) is 0 Å². The SMILES string of the molecule is Cn1nncc1CNc1ccc2c(c1)CCC(=O)N2. The highest BCUT2D eigenvalue weighted by atomic mass is 16.1. The highest BCUT2D eigenvalue weighted by Gasteiger charge is 2.14. The highest BCUT2D eigenvalue weighted by Crippen LogP contribution is 2.25. The van der Waals surface area contributed by atoms with E-state index in [0.29, 0.717) is 13.0 Å². The molecule has 1 aliphatic heterocycles. The van der Waals surface area contributed by atoms with Gasteiger partial charge >= 0.3 is 0 Å². The molecule has 0 bridgehead atoms. The van der Waals surface area contributed by atoms with Gasteiger partial charge in [0.25, 0.3) is 0 Å². The second kappa shape index (κ2) is 4.72. The molecular weight excluding hydrogens is 242 g/mol. The van der Waals surface area contributed by atoms with Gasteiger partial charge in [-0.1, -0.05) is 5.21 Å². The maximum Gasteiger partial charge on any atom is 0.224 e. The summed E-state index contributed by atoms with van der Waals surface area (Å²) in [7, 11) is 1.87. The minimum atomic E-state index is 0.0918. The standard InChI is InChI=1S/C13H15N5O/c1-18-11(8-15-17-18)7-14-10-3-4-12-9(6-10)2-5-13(19)16-12/h3-4,6,8,14H,2,5,7H2,1H3,(H,16,19). The molecule has 0 unspecified atom stereocenters. The summed E-state index contributed by atoms with van der Waals surface area (Å²) >= 11 is 0. The van der Waals surface area contributed by atoms with Gasteiger partial charge in [0, 0.05) is 24.8 Å². The van der Waals surface area contributed by atoms with Crippen LogP contribution in [-0.2, 0) is 24.8 Å². The molecule has 1 aromatic carbocycles. The molecule has 1 aliphatic rings. The normalized spacial score (nSPS) is 13.8. The number of fused-ring (bicyclic) bond motifs is 1. The van der Waals surface area contributed by atoms with Crippen LogP contribution < -0.4 is 10.6 Å². The first-order chi connectivity index (χ1) is 9.22. The monoisotopic (exact) mass is 257 g/mol. The molecule has 3 rings (SSSR count). The quantitative estimate of drug-likeness (QED) is 0.869. The van der Waals surface area contributed by atoms with Crippen molar-refractivity contribution in [1.29, 1.82) is 0 Å². The van der Waals surface area contributed by atoms with Crippen molar-refractivity contribution in [2.24, 2.45) is 7.05 Å². The summed E-state index contributed by atoms with van der Waals surface area (Å²) in [6, 6.07) is 5.99. The van der Waals surface area contributed by atoms with E-state index in [0.717, 1.165) is 23.5 Å². The third kappa shape index (κ3) is 2.42. The van der Waals surface area contributed by atoms with Crippen molar-refractivity contribution in [3.63, 3.8) is 0 Å². The molecule has 1 aromatic heterocycles. The first kappa shape index (κ1) is 11.7. The molecule has 0 aliphatic carbocycles. The number of aromatic nitrogens is 3. The third-order valence-corrected chi connectivity index (χ3v) is 3.28. The van der Waals surface area contributed by atoms with Crippen LogP contribution in [0, 0.1) is 0 Å². The van der Waals surface area contributed by atoms with Crippen LogP contribution in [-0.4, -0.2) is 20.9 Å². The van der Waals surface area contributed by atoms with Gasteiger partial charge in [-0.2, -0.15) is 0 Å². The Kier molecular flexibility index (Phi) is 2.91. The van der Waals surface area contributed by atoms with E-state index in [9.17, 15) is 4.79 Å². The minimum Gasteiger partial charge on any atom is -0.379 e. The number of aryl methyl sites for hydroxylation is 2. The zero-order valence-electron chi connectivity index (χ0n) is 10.7. The van der Waals surface area contributed by atoms with Crippen molar-refractivity contribution < 1.29 is 4.79 Å². The molecule has 6 heteroatoms. The fourth-order valence-electron chi connectivity index (χ4n) is 2.16. The molecule has 19 heavy (non-hydrogen) atoms. The summed E-state index contributed by atoms with van der Waals surface area (Å²) in [6.45, 7) is 0.675. The van der Waals surface area contributed by atoms with Crippen molar-refractivity contribution in [2.75, 3.05) is 10.6 Å². The summed E-state index contributed by atoms with van der Waals surface area (Å²) in [4.78, 5) is 11.3. The van der Waals surface area contributed by atoms with Crippen molar-refractivity contribution in [3.05, 3.63) is 35.7 Å². The van der Waals surface area contributed by atoms with E-state index >= 15 is 0 Å². The average molecular weight is 257 g/mol. The molecule has 2 N–H and O–H groups in total. The Morgan fingerprint density at radius 2 is 2.32 bits per heavy atom. The van der Waals surface area contributed by atoms with Crippen LogP contribution in [0.4, 0.5) is 11.4 Å². The van der Waals surface area contributed by atoms with Crippen molar-refractivity contribution in [2.45, 2.75) is 19.4 Å². The van der Waals surface area contributed by atoms with Crippen molar-refractivity contribution in [3.8, 4) is 0 Å².